The van der Waals surface area contributed by atoms with E-state index in [1.54, 1.807) is 16.8 Å². The van der Waals surface area contributed by atoms with Gasteiger partial charge in [-0.1, -0.05) is 0 Å². The van der Waals surface area contributed by atoms with Crippen molar-refractivity contribution in [2.75, 3.05) is 5.32 Å². The van der Waals surface area contributed by atoms with Crippen LogP contribution in [0.5, 0.6) is 0 Å². The molecule has 0 radical (unpaired) electrons. The van der Waals surface area contributed by atoms with E-state index in [2.05, 4.69) is 15.7 Å². The van der Waals surface area contributed by atoms with Crippen LogP contribution in [-0.4, -0.2) is 21.9 Å². The fraction of sp³-hybridized carbons (Fsp3) is 0.333. The summed E-state index contributed by atoms with van der Waals surface area (Å²) in [4.78, 5) is 11.6. The van der Waals surface area contributed by atoms with E-state index in [9.17, 15) is 9.18 Å². The number of rotatable bonds is 3. The standard InChI is InChI=1S/C15H19FN4O/c1-9(2)17-15(21)18-12-5-6-14(13(16)8-12)20-11(4)7-10(3)19-20/h5-9H,1-4H3,(H2,17,18,21). The number of aromatic nitrogens is 2. The highest BCUT2D eigenvalue weighted by Crippen LogP contribution is 2.19. The Balaban J connectivity index is 2.22. The van der Waals surface area contributed by atoms with Gasteiger partial charge in [-0.05, 0) is 52.0 Å². The summed E-state index contributed by atoms with van der Waals surface area (Å²) in [5, 5.41) is 9.52. The Bertz CT molecular complexity index is 664. The molecular formula is C15H19FN4O. The quantitative estimate of drug-likeness (QED) is 0.912. The maximum absolute atomic E-state index is 14.2. The summed E-state index contributed by atoms with van der Waals surface area (Å²) in [6, 6.07) is 6.06. The number of amides is 2. The molecule has 2 N–H and O–H groups in total. The van der Waals surface area contributed by atoms with Gasteiger partial charge in [-0.2, -0.15) is 5.10 Å². The molecule has 21 heavy (non-hydrogen) atoms. The number of hydrogen-bond donors (Lipinski definition) is 2. The third kappa shape index (κ3) is 3.59. The van der Waals surface area contributed by atoms with Gasteiger partial charge in [-0.3, -0.25) is 0 Å². The van der Waals surface area contributed by atoms with Crippen LogP contribution in [0.2, 0.25) is 0 Å². The van der Waals surface area contributed by atoms with Crippen molar-refractivity contribution < 1.29 is 9.18 Å². The topological polar surface area (TPSA) is 59.0 Å². The van der Waals surface area contributed by atoms with Gasteiger partial charge in [0.15, 0.2) is 5.82 Å². The number of carbonyl (C=O) groups excluding carboxylic acids is 1. The summed E-state index contributed by atoms with van der Waals surface area (Å²) in [7, 11) is 0. The Morgan fingerprint density at radius 1 is 1.29 bits per heavy atom. The smallest absolute Gasteiger partial charge is 0.319 e. The van der Waals surface area contributed by atoms with E-state index in [4.69, 9.17) is 0 Å². The maximum Gasteiger partial charge on any atom is 0.319 e. The minimum absolute atomic E-state index is 0.0174. The zero-order chi connectivity index (χ0) is 15.6. The van der Waals surface area contributed by atoms with E-state index in [1.807, 2.05) is 33.8 Å². The maximum atomic E-state index is 14.2. The minimum Gasteiger partial charge on any atom is -0.336 e. The van der Waals surface area contributed by atoms with Crippen molar-refractivity contribution in [3.63, 3.8) is 0 Å². The molecule has 0 saturated heterocycles. The van der Waals surface area contributed by atoms with Crippen LogP contribution in [0, 0.1) is 19.7 Å². The van der Waals surface area contributed by atoms with Crippen molar-refractivity contribution in [1.29, 1.82) is 0 Å². The molecular weight excluding hydrogens is 271 g/mol. The zero-order valence-corrected chi connectivity index (χ0v) is 12.6. The molecule has 2 aromatic rings. The first-order valence-corrected chi connectivity index (χ1v) is 6.77. The van der Waals surface area contributed by atoms with Gasteiger partial charge >= 0.3 is 6.03 Å². The van der Waals surface area contributed by atoms with E-state index in [-0.39, 0.29) is 12.1 Å². The molecule has 0 aliphatic rings. The van der Waals surface area contributed by atoms with Crippen LogP contribution in [0.4, 0.5) is 14.9 Å². The second kappa shape index (κ2) is 5.95. The largest absolute Gasteiger partial charge is 0.336 e. The third-order valence-corrected chi connectivity index (χ3v) is 2.86. The SMILES string of the molecule is Cc1cc(C)n(-c2ccc(NC(=O)NC(C)C)cc2F)n1. The van der Waals surface area contributed by atoms with Gasteiger partial charge in [0.2, 0.25) is 0 Å². The summed E-state index contributed by atoms with van der Waals surface area (Å²) >= 11 is 0. The van der Waals surface area contributed by atoms with Gasteiger partial charge in [0, 0.05) is 17.4 Å². The lowest BCUT2D eigenvalue weighted by molar-refractivity contribution is 0.250. The number of halogens is 1. The van der Waals surface area contributed by atoms with Gasteiger partial charge < -0.3 is 10.6 Å². The number of aryl methyl sites for hydroxylation is 2. The molecule has 112 valence electrons. The van der Waals surface area contributed by atoms with E-state index in [0.717, 1.165) is 11.4 Å². The first kappa shape index (κ1) is 15.0. The van der Waals surface area contributed by atoms with E-state index in [0.29, 0.717) is 11.4 Å². The summed E-state index contributed by atoms with van der Waals surface area (Å²) in [6.45, 7) is 7.42. The lowest BCUT2D eigenvalue weighted by Crippen LogP contribution is -2.34. The third-order valence-electron chi connectivity index (χ3n) is 2.86. The van der Waals surface area contributed by atoms with Crippen LogP contribution in [0.1, 0.15) is 25.2 Å². The van der Waals surface area contributed by atoms with Crippen molar-refractivity contribution in [3.05, 3.63) is 41.5 Å². The molecule has 1 aromatic heterocycles. The van der Waals surface area contributed by atoms with Crippen LogP contribution in [0.3, 0.4) is 0 Å². The zero-order valence-electron chi connectivity index (χ0n) is 12.6. The summed E-state index contributed by atoms with van der Waals surface area (Å²) in [5.74, 6) is -0.441. The second-order valence-corrected chi connectivity index (χ2v) is 5.26. The molecule has 1 heterocycles. The van der Waals surface area contributed by atoms with Crippen molar-refractivity contribution in [1.82, 2.24) is 15.1 Å². The highest BCUT2D eigenvalue weighted by molar-refractivity contribution is 5.89. The van der Waals surface area contributed by atoms with E-state index < -0.39 is 5.82 Å². The lowest BCUT2D eigenvalue weighted by atomic mass is 10.2. The molecule has 0 aliphatic carbocycles. The molecule has 0 bridgehead atoms. The molecule has 6 heteroatoms. The highest BCUT2D eigenvalue weighted by Gasteiger charge is 2.11. The molecule has 5 nitrogen and oxygen atoms in total. The average Bonchev–Trinajstić information content (AvgIpc) is 2.67. The molecule has 2 rings (SSSR count). The number of benzene rings is 1. The van der Waals surface area contributed by atoms with E-state index in [1.165, 1.54) is 6.07 Å². The van der Waals surface area contributed by atoms with E-state index >= 15 is 0 Å². The second-order valence-electron chi connectivity index (χ2n) is 5.26. The fourth-order valence-electron chi connectivity index (χ4n) is 2.06. The predicted molar refractivity (Wildman–Crippen MR) is 80.3 cm³/mol. The van der Waals surface area contributed by atoms with Gasteiger partial charge in [0.25, 0.3) is 0 Å². The Kier molecular flexibility index (Phi) is 4.26. The van der Waals surface area contributed by atoms with Crippen LogP contribution in [0.25, 0.3) is 5.69 Å². The van der Waals surface area contributed by atoms with Gasteiger partial charge in [-0.25, -0.2) is 13.9 Å². The summed E-state index contributed by atoms with van der Waals surface area (Å²) in [5.41, 5.74) is 2.43. The molecule has 0 aliphatic heterocycles. The molecule has 0 saturated carbocycles. The number of carbonyl (C=O) groups is 1. The molecule has 0 unspecified atom stereocenters. The van der Waals surface area contributed by atoms with Crippen LogP contribution in [-0.2, 0) is 0 Å². The van der Waals surface area contributed by atoms with Gasteiger partial charge in [0.1, 0.15) is 5.69 Å². The molecule has 2 amide bonds. The van der Waals surface area contributed by atoms with Gasteiger partial charge in [0.05, 0.1) is 5.69 Å². The lowest BCUT2D eigenvalue weighted by Gasteiger charge is -2.11. The summed E-state index contributed by atoms with van der Waals surface area (Å²) in [6.07, 6.45) is 0. The van der Waals surface area contributed by atoms with Gasteiger partial charge in [-0.15, -0.1) is 0 Å². The Morgan fingerprint density at radius 3 is 2.52 bits per heavy atom. The normalized spacial score (nSPS) is 10.8. The van der Waals surface area contributed by atoms with Crippen LogP contribution < -0.4 is 10.6 Å². The van der Waals surface area contributed by atoms with Crippen LogP contribution in [0.15, 0.2) is 24.3 Å². The molecule has 0 fully saturated rings. The first-order valence-electron chi connectivity index (χ1n) is 6.77. The number of anilines is 1. The highest BCUT2D eigenvalue weighted by atomic mass is 19.1. The van der Waals surface area contributed by atoms with Crippen molar-refractivity contribution >= 4 is 11.7 Å². The van der Waals surface area contributed by atoms with Crippen molar-refractivity contribution in [2.24, 2.45) is 0 Å². The molecule has 1 aromatic carbocycles. The van der Waals surface area contributed by atoms with Crippen LogP contribution >= 0.6 is 0 Å². The number of urea groups is 1. The fourth-order valence-corrected chi connectivity index (χ4v) is 2.06. The Morgan fingerprint density at radius 2 is 2.00 bits per heavy atom. The molecule has 0 atom stereocenters. The Hall–Kier alpha value is -2.37. The Labute approximate surface area is 123 Å². The average molecular weight is 290 g/mol. The van der Waals surface area contributed by atoms with Crippen molar-refractivity contribution in [2.45, 2.75) is 33.7 Å². The number of hydrogen-bond acceptors (Lipinski definition) is 2. The first-order chi connectivity index (χ1) is 9.86. The molecule has 0 spiro atoms. The number of nitrogens with zero attached hydrogens (tertiary/aromatic N) is 2. The monoisotopic (exact) mass is 290 g/mol. The predicted octanol–water partition coefficient (Wildman–Crippen LogP) is 3.16. The summed E-state index contributed by atoms with van der Waals surface area (Å²) < 4.78 is 15.7. The number of nitrogens with one attached hydrogen (secondary N) is 2. The van der Waals surface area contributed by atoms with Crippen molar-refractivity contribution in [3.8, 4) is 5.69 Å². The minimum atomic E-state index is -0.441.